The van der Waals surface area contributed by atoms with E-state index in [9.17, 15) is 4.79 Å². The van der Waals surface area contributed by atoms with Gasteiger partial charge in [-0.25, -0.2) is 4.79 Å². The topological polar surface area (TPSA) is 41.1 Å². The van der Waals surface area contributed by atoms with Gasteiger partial charge in [0.15, 0.2) is 0 Å². The third kappa shape index (κ3) is 5.29. The summed E-state index contributed by atoms with van der Waals surface area (Å²) in [5, 5.41) is 6.96. The summed E-state index contributed by atoms with van der Waals surface area (Å²) < 4.78 is 0. The van der Waals surface area contributed by atoms with Crippen molar-refractivity contribution in [3.8, 4) is 0 Å². The van der Waals surface area contributed by atoms with Crippen molar-refractivity contribution in [1.82, 2.24) is 5.32 Å². The zero-order valence-corrected chi connectivity index (χ0v) is 12.9. The minimum absolute atomic E-state index is 0.225. The predicted octanol–water partition coefficient (Wildman–Crippen LogP) is 4.75. The highest BCUT2D eigenvalue weighted by atomic mass is 35.5. The highest BCUT2D eigenvalue weighted by Crippen LogP contribution is 2.16. The van der Waals surface area contributed by atoms with Gasteiger partial charge in [-0.15, -0.1) is 0 Å². The molecule has 110 valence electrons. The van der Waals surface area contributed by atoms with Crippen LogP contribution in [0.25, 0.3) is 0 Å². The van der Waals surface area contributed by atoms with Crippen molar-refractivity contribution >= 4 is 34.9 Å². The number of nitrogens with one attached hydrogen (secondary N) is 2. The zero-order valence-electron chi connectivity index (χ0n) is 11.4. The Bertz CT molecular complexity index is 599. The van der Waals surface area contributed by atoms with E-state index in [1.54, 1.807) is 24.3 Å². The summed E-state index contributed by atoms with van der Waals surface area (Å²) in [6.45, 7) is 0.588. The molecule has 0 bridgehead atoms. The van der Waals surface area contributed by atoms with Gasteiger partial charge in [0.1, 0.15) is 0 Å². The lowest BCUT2D eigenvalue weighted by atomic mass is 10.1. The second kappa shape index (κ2) is 7.91. The average molecular weight is 323 g/mol. The second-order valence-electron chi connectivity index (χ2n) is 4.58. The van der Waals surface area contributed by atoms with Gasteiger partial charge < -0.3 is 10.6 Å². The molecule has 21 heavy (non-hydrogen) atoms. The molecule has 0 radical (unpaired) electrons. The Hall–Kier alpha value is -1.71. The SMILES string of the molecule is O=C(NCCCc1ccccc1Cl)Nc1ccc(Cl)cc1. The second-order valence-corrected chi connectivity index (χ2v) is 5.43. The Morgan fingerprint density at radius 3 is 2.43 bits per heavy atom. The van der Waals surface area contributed by atoms with Crippen LogP contribution in [0.4, 0.5) is 10.5 Å². The van der Waals surface area contributed by atoms with Gasteiger partial charge in [-0.2, -0.15) is 0 Å². The molecule has 0 aromatic heterocycles. The fourth-order valence-electron chi connectivity index (χ4n) is 1.89. The first-order chi connectivity index (χ1) is 10.1. The number of amides is 2. The number of hydrogen-bond acceptors (Lipinski definition) is 1. The quantitative estimate of drug-likeness (QED) is 0.766. The van der Waals surface area contributed by atoms with Crippen LogP contribution in [0.2, 0.25) is 10.0 Å². The monoisotopic (exact) mass is 322 g/mol. The Labute approximate surface area is 134 Å². The third-order valence-corrected chi connectivity index (χ3v) is 3.59. The van der Waals surface area contributed by atoms with Crippen molar-refractivity contribution in [2.45, 2.75) is 12.8 Å². The van der Waals surface area contributed by atoms with Crippen LogP contribution in [0.15, 0.2) is 48.5 Å². The number of anilines is 1. The molecule has 2 amide bonds. The Kier molecular flexibility index (Phi) is 5.90. The normalized spacial score (nSPS) is 10.2. The minimum atomic E-state index is -0.225. The van der Waals surface area contributed by atoms with E-state index in [0.717, 1.165) is 23.4 Å². The van der Waals surface area contributed by atoms with Crippen LogP contribution in [-0.4, -0.2) is 12.6 Å². The molecule has 0 aliphatic heterocycles. The Morgan fingerprint density at radius 1 is 1.00 bits per heavy atom. The molecular weight excluding hydrogens is 307 g/mol. The molecule has 0 spiro atoms. The van der Waals surface area contributed by atoms with E-state index in [1.165, 1.54) is 0 Å². The largest absolute Gasteiger partial charge is 0.338 e. The van der Waals surface area contributed by atoms with Crippen molar-refractivity contribution in [3.05, 3.63) is 64.1 Å². The summed E-state index contributed by atoms with van der Waals surface area (Å²) in [7, 11) is 0. The maximum atomic E-state index is 11.7. The summed E-state index contributed by atoms with van der Waals surface area (Å²) in [5.74, 6) is 0. The lowest BCUT2D eigenvalue weighted by Gasteiger charge is -2.08. The van der Waals surface area contributed by atoms with Crippen molar-refractivity contribution in [2.75, 3.05) is 11.9 Å². The van der Waals surface area contributed by atoms with Crippen molar-refractivity contribution in [2.24, 2.45) is 0 Å². The summed E-state index contributed by atoms with van der Waals surface area (Å²) in [6, 6.07) is 14.5. The van der Waals surface area contributed by atoms with E-state index in [0.29, 0.717) is 17.3 Å². The number of benzene rings is 2. The number of rotatable bonds is 5. The number of carbonyl (C=O) groups is 1. The molecule has 2 aromatic rings. The van der Waals surface area contributed by atoms with Gasteiger partial charge in [-0.1, -0.05) is 41.4 Å². The van der Waals surface area contributed by atoms with Gasteiger partial charge >= 0.3 is 6.03 Å². The van der Waals surface area contributed by atoms with Crippen LogP contribution < -0.4 is 10.6 Å². The van der Waals surface area contributed by atoms with E-state index in [-0.39, 0.29) is 6.03 Å². The van der Waals surface area contributed by atoms with Gasteiger partial charge in [0.05, 0.1) is 0 Å². The standard InChI is InChI=1S/C16H16Cl2N2O/c17-13-7-9-14(10-8-13)20-16(21)19-11-3-5-12-4-1-2-6-15(12)18/h1-2,4,6-10H,3,5,11H2,(H2,19,20,21). The van der Waals surface area contributed by atoms with Crippen LogP contribution in [0.1, 0.15) is 12.0 Å². The minimum Gasteiger partial charge on any atom is -0.338 e. The fourth-order valence-corrected chi connectivity index (χ4v) is 2.25. The smallest absolute Gasteiger partial charge is 0.319 e. The van der Waals surface area contributed by atoms with Crippen LogP contribution >= 0.6 is 23.2 Å². The van der Waals surface area contributed by atoms with Gasteiger partial charge in [0.25, 0.3) is 0 Å². The molecule has 5 heteroatoms. The molecule has 0 fully saturated rings. The number of carbonyl (C=O) groups excluding carboxylic acids is 1. The predicted molar refractivity (Wildman–Crippen MR) is 88.2 cm³/mol. The Morgan fingerprint density at radius 2 is 1.71 bits per heavy atom. The van der Waals surface area contributed by atoms with E-state index in [2.05, 4.69) is 10.6 Å². The van der Waals surface area contributed by atoms with Crippen LogP contribution in [-0.2, 0) is 6.42 Å². The van der Waals surface area contributed by atoms with Gasteiger partial charge in [-0.05, 0) is 48.7 Å². The van der Waals surface area contributed by atoms with E-state index in [1.807, 2.05) is 24.3 Å². The lowest BCUT2D eigenvalue weighted by Crippen LogP contribution is -2.29. The van der Waals surface area contributed by atoms with E-state index >= 15 is 0 Å². The van der Waals surface area contributed by atoms with Crippen molar-refractivity contribution in [3.63, 3.8) is 0 Å². The van der Waals surface area contributed by atoms with E-state index < -0.39 is 0 Å². The average Bonchev–Trinajstić information content (AvgIpc) is 2.48. The van der Waals surface area contributed by atoms with Gasteiger partial charge in [-0.3, -0.25) is 0 Å². The van der Waals surface area contributed by atoms with Crippen LogP contribution in [0.3, 0.4) is 0 Å². The number of urea groups is 1. The molecule has 2 aromatic carbocycles. The fraction of sp³-hybridized carbons (Fsp3) is 0.188. The third-order valence-electron chi connectivity index (χ3n) is 2.97. The zero-order chi connectivity index (χ0) is 15.1. The first kappa shape index (κ1) is 15.7. The van der Waals surface area contributed by atoms with Crippen LogP contribution in [0, 0.1) is 0 Å². The molecule has 0 aliphatic carbocycles. The molecule has 0 unspecified atom stereocenters. The molecular formula is C16H16Cl2N2O. The highest BCUT2D eigenvalue weighted by Gasteiger charge is 2.02. The maximum Gasteiger partial charge on any atom is 0.319 e. The first-order valence-electron chi connectivity index (χ1n) is 6.69. The first-order valence-corrected chi connectivity index (χ1v) is 7.44. The number of aryl methyl sites for hydroxylation is 1. The Balaban J connectivity index is 1.70. The summed E-state index contributed by atoms with van der Waals surface area (Å²) >= 11 is 11.9. The van der Waals surface area contributed by atoms with E-state index in [4.69, 9.17) is 23.2 Å². The summed E-state index contributed by atoms with van der Waals surface area (Å²) in [4.78, 5) is 11.7. The van der Waals surface area contributed by atoms with Crippen molar-refractivity contribution < 1.29 is 4.79 Å². The molecule has 0 aliphatic rings. The van der Waals surface area contributed by atoms with Crippen molar-refractivity contribution in [1.29, 1.82) is 0 Å². The molecule has 3 nitrogen and oxygen atoms in total. The lowest BCUT2D eigenvalue weighted by molar-refractivity contribution is 0.252. The number of hydrogen-bond donors (Lipinski definition) is 2. The molecule has 2 rings (SSSR count). The molecule has 2 N–H and O–H groups in total. The molecule has 0 atom stereocenters. The molecule has 0 heterocycles. The summed E-state index contributed by atoms with van der Waals surface area (Å²) in [5.41, 5.74) is 1.81. The van der Waals surface area contributed by atoms with Crippen LogP contribution in [0.5, 0.6) is 0 Å². The number of halogens is 2. The summed E-state index contributed by atoms with van der Waals surface area (Å²) in [6.07, 6.45) is 1.67. The van der Waals surface area contributed by atoms with Gasteiger partial charge in [0.2, 0.25) is 0 Å². The highest BCUT2D eigenvalue weighted by molar-refractivity contribution is 6.31. The maximum absolute atomic E-state index is 11.7. The van der Waals surface area contributed by atoms with Gasteiger partial charge in [0, 0.05) is 22.3 Å². The molecule has 0 saturated carbocycles. The molecule has 0 saturated heterocycles.